The number of halogens is 1. The number of carbonyl (C=O) groups excluding carboxylic acids is 1. The first-order valence-electron chi connectivity index (χ1n) is 9.06. The largest absolute Gasteiger partial charge is 0.494 e. The molecular formula is C22H19FN2O3S. The zero-order valence-electron chi connectivity index (χ0n) is 16.0. The maximum absolute atomic E-state index is 13.2. The van der Waals surface area contributed by atoms with Gasteiger partial charge < -0.3 is 9.15 Å². The molecule has 0 spiro atoms. The summed E-state index contributed by atoms with van der Waals surface area (Å²) in [6, 6.07) is 13.4. The van der Waals surface area contributed by atoms with Gasteiger partial charge in [-0.15, -0.1) is 0 Å². The van der Waals surface area contributed by atoms with Gasteiger partial charge in [0.1, 0.15) is 22.8 Å². The number of fused-ring (bicyclic) bond motifs is 1. The number of thiazole rings is 1. The monoisotopic (exact) mass is 410 g/mol. The smallest absolute Gasteiger partial charge is 0.233 e. The molecule has 0 N–H and O–H groups in total. The Morgan fingerprint density at radius 1 is 1.21 bits per heavy atom. The SMILES string of the molecule is COc1ccc(C)c2sc(N(Cc3ccco3)C(=O)Cc3ccc(F)cc3)nc12. The standard InChI is InChI=1S/C22H19FN2O3S/c1-14-5-10-18(27-2)20-21(14)29-22(24-20)25(13-17-4-3-11-28-17)19(26)12-15-6-8-16(23)9-7-15/h3-11H,12-13H2,1-2H3. The lowest BCUT2D eigenvalue weighted by atomic mass is 10.1. The molecule has 2 aromatic heterocycles. The lowest BCUT2D eigenvalue weighted by Gasteiger charge is -2.18. The second-order valence-corrected chi connectivity index (χ2v) is 7.60. The van der Waals surface area contributed by atoms with Crippen molar-refractivity contribution in [3.8, 4) is 5.75 Å². The molecule has 0 saturated heterocycles. The van der Waals surface area contributed by atoms with Crippen LogP contribution in [0.1, 0.15) is 16.9 Å². The minimum absolute atomic E-state index is 0.132. The van der Waals surface area contributed by atoms with E-state index >= 15 is 0 Å². The van der Waals surface area contributed by atoms with E-state index in [1.165, 1.54) is 23.5 Å². The van der Waals surface area contributed by atoms with E-state index in [0.29, 0.717) is 16.6 Å². The summed E-state index contributed by atoms with van der Waals surface area (Å²) in [6.45, 7) is 2.26. The van der Waals surface area contributed by atoms with E-state index in [1.807, 2.05) is 25.1 Å². The Morgan fingerprint density at radius 3 is 2.69 bits per heavy atom. The van der Waals surface area contributed by atoms with Gasteiger partial charge in [-0.05, 0) is 48.4 Å². The number of anilines is 1. The fraction of sp³-hybridized carbons (Fsp3) is 0.182. The van der Waals surface area contributed by atoms with Crippen LogP contribution in [0.15, 0.2) is 59.2 Å². The number of benzene rings is 2. The van der Waals surface area contributed by atoms with Gasteiger partial charge in [0.25, 0.3) is 0 Å². The average molecular weight is 410 g/mol. The normalized spacial score (nSPS) is 11.0. The van der Waals surface area contributed by atoms with Gasteiger partial charge in [0, 0.05) is 0 Å². The number of ether oxygens (including phenoxy) is 1. The quantitative estimate of drug-likeness (QED) is 0.443. The Kier molecular flexibility index (Phi) is 5.31. The van der Waals surface area contributed by atoms with Crippen LogP contribution in [0.5, 0.6) is 5.75 Å². The number of hydrogen-bond donors (Lipinski definition) is 0. The first-order valence-corrected chi connectivity index (χ1v) is 9.88. The number of nitrogens with zero attached hydrogens (tertiary/aromatic N) is 2. The van der Waals surface area contributed by atoms with Crippen LogP contribution in [0.25, 0.3) is 10.2 Å². The Bertz CT molecular complexity index is 1140. The summed E-state index contributed by atoms with van der Waals surface area (Å²) in [7, 11) is 1.60. The molecule has 2 heterocycles. The third kappa shape index (κ3) is 4.00. The Morgan fingerprint density at radius 2 is 2.00 bits per heavy atom. The van der Waals surface area contributed by atoms with E-state index in [4.69, 9.17) is 14.1 Å². The van der Waals surface area contributed by atoms with Gasteiger partial charge in [-0.2, -0.15) is 0 Å². The van der Waals surface area contributed by atoms with Crippen LogP contribution in [0, 0.1) is 12.7 Å². The van der Waals surface area contributed by atoms with Crippen LogP contribution in [0.3, 0.4) is 0 Å². The Balaban J connectivity index is 1.72. The van der Waals surface area contributed by atoms with E-state index in [9.17, 15) is 9.18 Å². The van der Waals surface area contributed by atoms with Crippen LogP contribution in [-0.4, -0.2) is 18.0 Å². The number of furan rings is 1. The molecule has 5 nitrogen and oxygen atoms in total. The molecular weight excluding hydrogens is 391 g/mol. The molecule has 1 amide bonds. The van der Waals surface area contributed by atoms with Gasteiger partial charge in [-0.3, -0.25) is 9.69 Å². The van der Waals surface area contributed by atoms with Crippen LogP contribution in [0.2, 0.25) is 0 Å². The first kappa shape index (κ1) is 19.1. The number of methoxy groups -OCH3 is 1. The van der Waals surface area contributed by atoms with E-state index in [-0.39, 0.29) is 24.7 Å². The van der Waals surface area contributed by atoms with Gasteiger partial charge in [0.2, 0.25) is 5.91 Å². The molecule has 0 aliphatic heterocycles. The van der Waals surface area contributed by atoms with E-state index in [2.05, 4.69) is 0 Å². The van der Waals surface area contributed by atoms with Gasteiger partial charge in [0.05, 0.1) is 31.0 Å². The lowest BCUT2D eigenvalue weighted by molar-refractivity contribution is -0.118. The fourth-order valence-corrected chi connectivity index (χ4v) is 4.14. The third-order valence-corrected chi connectivity index (χ3v) is 5.82. The number of hydrogen-bond acceptors (Lipinski definition) is 5. The highest BCUT2D eigenvalue weighted by molar-refractivity contribution is 7.22. The van der Waals surface area contributed by atoms with Crippen molar-refractivity contribution in [1.82, 2.24) is 4.98 Å². The molecule has 29 heavy (non-hydrogen) atoms. The summed E-state index contributed by atoms with van der Waals surface area (Å²) in [5.74, 6) is 0.837. The molecule has 148 valence electrons. The second-order valence-electron chi connectivity index (χ2n) is 6.62. The van der Waals surface area contributed by atoms with E-state index in [1.54, 1.807) is 36.5 Å². The topological polar surface area (TPSA) is 55.6 Å². The molecule has 0 radical (unpaired) electrons. The zero-order valence-corrected chi connectivity index (χ0v) is 16.8. The number of carbonyl (C=O) groups is 1. The summed E-state index contributed by atoms with van der Waals surface area (Å²) in [5.41, 5.74) is 2.52. The first-order chi connectivity index (χ1) is 14.0. The predicted molar refractivity (Wildman–Crippen MR) is 111 cm³/mol. The zero-order chi connectivity index (χ0) is 20.4. The van der Waals surface area contributed by atoms with E-state index < -0.39 is 0 Å². The van der Waals surface area contributed by atoms with Crippen molar-refractivity contribution in [2.75, 3.05) is 12.0 Å². The van der Waals surface area contributed by atoms with Gasteiger partial charge >= 0.3 is 0 Å². The summed E-state index contributed by atoms with van der Waals surface area (Å²) >= 11 is 1.44. The van der Waals surface area contributed by atoms with Crippen LogP contribution >= 0.6 is 11.3 Å². The van der Waals surface area contributed by atoms with Crippen molar-refractivity contribution in [2.24, 2.45) is 0 Å². The Hall–Kier alpha value is -3.19. The molecule has 7 heteroatoms. The van der Waals surface area contributed by atoms with Crippen molar-refractivity contribution >= 4 is 32.6 Å². The van der Waals surface area contributed by atoms with Crippen LogP contribution < -0.4 is 9.64 Å². The molecule has 0 atom stereocenters. The molecule has 0 unspecified atom stereocenters. The van der Waals surface area contributed by atoms with Crippen molar-refractivity contribution in [3.05, 3.63) is 77.5 Å². The molecule has 4 rings (SSSR count). The minimum Gasteiger partial charge on any atom is -0.494 e. The van der Waals surface area contributed by atoms with Gasteiger partial charge in [-0.25, -0.2) is 9.37 Å². The number of aromatic nitrogens is 1. The molecule has 0 saturated carbocycles. The van der Waals surface area contributed by atoms with Crippen molar-refractivity contribution < 1.29 is 18.3 Å². The number of aryl methyl sites for hydroxylation is 1. The van der Waals surface area contributed by atoms with Crippen LogP contribution in [0.4, 0.5) is 9.52 Å². The van der Waals surface area contributed by atoms with Crippen molar-refractivity contribution in [3.63, 3.8) is 0 Å². The predicted octanol–water partition coefficient (Wildman–Crippen LogP) is 5.12. The average Bonchev–Trinajstić information content (AvgIpc) is 3.38. The van der Waals surface area contributed by atoms with Crippen molar-refractivity contribution in [1.29, 1.82) is 0 Å². The highest BCUT2D eigenvalue weighted by atomic mass is 32.1. The molecule has 0 aliphatic rings. The van der Waals surface area contributed by atoms with Crippen LogP contribution in [-0.2, 0) is 17.8 Å². The summed E-state index contributed by atoms with van der Waals surface area (Å²) in [4.78, 5) is 19.5. The molecule has 0 fully saturated rings. The maximum Gasteiger partial charge on any atom is 0.233 e. The number of rotatable bonds is 6. The summed E-state index contributed by atoms with van der Waals surface area (Å²) in [5, 5.41) is 0.566. The number of amides is 1. The molecule has 2 aromatic carbocycles. The van der Waals surface area contributed by atoms with Gasteiger partial charge in [0.15, 0.2) is 5.13 Å². The lowest BCUT2D eigenvalue weighted by Crippen LogP contribution is -2.31. The Labute approximate surface area is 171 Å². The second kappa shape index (κ2) is 8.05. The minimum atomic E-state index is -0.331. The maximum atomic E-state index is 13.2. The molecule has 0 bridgehead atoms. The highest BCUT2D eigenvalue weighted by Gasteiger charge is 2.23. The fourth-order valence-electron chi connectivity index (χ4n) is 3.07. The highest BCUT2D eigenvalue weighted by Crippen LogP contribution is 2.37. The summed E-state index contributed by atoms with van der Waals surface area (Å²) in [6.07, 6.45) is 1.70. The van der Waals surface area contributed by atoms with Crippen molar-refractivity contribution in [2.45, 2.75) is 19.9 Å². The molecule has 0 aliphatic carbocycles. The van der Waals surface area contributed by atoms with Gasteiger partial charge in [-0.1, -0.05) is 29.5 Å². The van der Waals surface area contributed by atoms with E-state index in [0.717, 1.165) is 21.3 Å². The molecule has 4 aromatic rings. The third-order valence-electron chi connectivity index (χ3n) is 4.61. The summed E-state index contributed by atoms with van der Waals surface area (Å²) < 4.78 is 25.1.